The van der Waals surface area contributed by atoms with Crippen LogP contribution in [-0.2, 0) is 6.54 Å². The molecule has 2 aromatic heterocycles. The van der Waals surface area contributed by atoms with Gasteiger partial charge in [0.2, 0.25) is 0 Å². The lowest BCUT2D eigenvalue weighted by Gasteiger charge is -2.32. The van der Waals surface area contributed by atoms with Gasteiger partial charge in [-0.2, -0.15) is 0 Å². The van der Waals surface area contributed by atoms with Crippen molar-refractivity contribution in [3.8, 4) is 0 Å². The molecule has 0 radical (unpaired) electrons. The second kappa shape index (κ2) is 7.85. The molecule has 0 aromatic carbocycles. The zero-order chi connectivity index (χ0) is 16.9. The predicted octanol–water partition coefficient (Wildman–Crippen LogP) is 3.06. The van der Waals surface area contributed by atoms with Crippen molar-refractivity contribution in [2.75, 3.05) is 13.1 Å². The van der Waals surface area contributed by atoms with Crippen molar-refractivity contribution < 1.29 is 4.79 Å². The first-order valence-corrected chi connectivity index (χ1v) is 9.38. The van der Waals surface area contributed by atoms with E-state index >= 15 is 0 Å². The van der Waals surface area contributed by atoms with E-state index in [9.17, 15) is 4.79 Å². The molecule has 1 N–H and O–H groups in total. The number of likely N-dealkylation sites (tertiary alicyclic amines) is 1. The van der Waals surface area contributed by atoms with Crippen LogP contribution in [-0.4, -0.2) is 39.9 Å². The van der Waals surface area contributed by atoms with Crippen LogP contribution in [0, 0.1) is 0 Å². The number of aromatic nitrogens is 2. The molecule has 2 aromatic rings. The van der Waals surface area contributed by atoms with E-state index in [0.717, 1.165) is 43.2 Å². The average Bonchev–Trinajstić information content (AvgIpc) is 3.06. The molecule has 3 heterocycles. The van der Waals surface area contributed by atoms with Gasteiger partial charge in [-0.05, 0) is 31.5 Å². The third-order valence-electron chi connectivity index (χ3n) is 4.20. The third-order valence-corrected chi connectivity index (χ3v) is 5.35. The molecule has 0 saturated carbocycles. The fourth-order valence-electron chi connectivity index (χ4n) is 2.95. The summed E-state index contributed by atoms with van der Waals surface area (Å²) < 4.78 is 0. The van der Waals surface area contributed by atoms with Crippen LogP contribution in [0.4, 0.5) is 0 Å². The summed E-state index contributed by atoms with van der Waals surface area (Å²) in [6.07, 6.45) is 3.94. The van der Waals surface area contributed by atoms with Crippen molar-refractivity contribution in [3.63, 3.8) is 0 Å². The molecule has 0 spiro atoms. The van der Waals surface area contributed by atoms with Crippen LogP contribution in [0.3, 0.4) is 0 Å². The Balaban J connectivity index is 1.55. The van der Waals surface area contributed by atoms with Gasteiger partial charge < -0.3 is 5.32 Å². The monoisotopic (exact) mass is 344 g/mol. The van der Waals surface area contributed by atoms with Gasteiger partial charge in [0.05, 0.1) is 10.7 Å². The van der Waals surface area contributed by atoms with E-state index < -0.39 is 0 Å². The maximum atomic E-state index is 12.4. The van der Waals surface area contributed by atoms with E-state index in [1.165, 1.54) is 0 Å². The minimum absolute atomic E-state index is 0.0529. The molecule has 24 heavy (non-hydrogen) atoms. The first kappa shape index (κ1) is 17.0. The summed E-state index contributed by atoms with van der Waals surface area (Å²) in [6, 6.07) is 6.17. The summed E-state index contributed by atoms with van der Waals surface area (Å²) in [5, 5.41) is 6.02. The number of hydrogen-bond acceptors (Lipinski definition) is 5. The number of nitrogens with zero attached hydrogens (tertiary/aromatic N) is 3. The van der Waals surface area contributed by atoms with Gasteiger partial charge in [0.15, 0.2) is 0 Å². The Morgan fingerprint density at radius 3 is 3.04 bits per heavy atom. The number of hydrogen-bond donors (Lipinski definition) is 1. The van der Waals surface area contributed by atoms with Crippen LogP contribution in [0.5, 0.6) is 0 Å². The van der Waals surface area contributed by atoms with E-state index in [-0.39, 0.29) is 11.9 Å². The van der Waals surface area contributed by atoms with Crippen molar-refractivity contribution in [1.82, 2.24) is 20.2 Å². The number of piperidine rings is 1. The van der Waals surface area contributed by atoms with E-state index in [0.29, 0.717) is 11.6 Å². The topological polar surface area (TPSA) is 58.1 Å². The molecule has 0 bridgehead atoms. The number of carbonyl (C=O) groups excluding carboxylic acids is 1. The molecule has 1 amide bonds. The van der Waals surface area contributed by atoms with Gasteiger partial charge in [0.25, 0.3) is 5.91 Å². The molecule has 6 heteroatoms. The van der Waals surface area contributed by atoms with Gasteiger partial charge in [0, 0.05) is 36.6 Å². The van der Waals surface area contributed by atoms with E-state index in [4.69, 9.17) is 0 Å². The van der Waals surface area contributed by atoms with E-state index in [2.05, 4.69) is 34.0 Å². The lowest BCUT2D eigenvalue weighted by molar-refractivity contribution is 0.0895. The second-order valence-corrected chi connectivity index (χ2v) is 7.48. The summed E-state index contributed by atoms with van der Waals surface area (Å²) in [5.74, 6) is 0.308. The Hall–Kier alpha value is -1.79. The largest absolute Gasteiger partial charge is 0.347 e. The number of pyridine rings is 1. The summed E-state index contributed by atoms with van der Waals surface area (Å²) in [5.41, 5.74) is 1.62. The van der Waals surface area contributed by atoms with Crippen molar-refractivity contribution in [2.45, 2.75) is 45.2 Å². The Bertz CT molecular complexity index is 671. The van der Waals surface area contributed by atoms with E-state index in [1.807, 2.05) is 29.8 Å². The van der Waals surface area contributed by atoms with Gasteiger partial charge in [0.1, 0.15) is 5.69 Å². The Kier molecular flexibility index (Phi) is 5.58. The minimum atomic E-state index is -0.0529. The standard InChI is InChI=1S/C18H24N4OS/c1-13(2)18-21-16(12-24-18)17(23)20-15-7-5-9-22(11-15)10-14-6-3-4-8-19-14/h3-4,6,8,12-13,15H,5,7,9-11H2,1-2H3,(H,20,23). The van der Waals surface area contributed by atoms with Crippen LogP contribution in [0.1, 0.15) is 53.8 Å². The molecular formula is C18H24N4OS. The van der Waals surface area contributed by atoms with Crippen LogP contribution in [0.15, 0.2) is 29.8 Å². The fraction of sp³-hybridized carbons (Fsp3) is 0.500. The number of nitrogens with one attached hydrogen (secondary N) is 1. The maximum Gasteiger partial charge on any atom is 0.271 e. The highest BCUT2D eigenvalue weighted by molar-refractivity contribution is 7.09. The Morgan fingerprint density at radius 1 is 1.46 bits per heavy atom. The van der Waals surface area contributed by atoms with Gasteiger partial charge in [-0.15, -0.1) is 11.3 Å². The molecule has 1 atom stereocenters. The highest BCUT2D eigenvalue weighted by Gasteiger charge is 2.23. The maximum absolute atomic E-state index is 12.4. The number of amides is 1. The van der Waals surface area contributed by atoms with Crippen LogP contribution >= 0.6 is 11.3 Å². The fourth-order valence-corrected chi connectivity index (χ4v) is 3.77. The second-order valence-electron chi connectivity index (χ2n) is 6.59. The molecule has 1 unspecified atom stereocenters. The lowest BCUT2D eigenvalue weighted by Crippen LogP contribution is -2.47. The molecule has 3 rings (SSSR count). The normalized spacial score (nSPS) is 18.7. The summed E-state index contributed by atoms with van der Waals surface area (Å²) >= 11 is 1.56. The highest BCUT2D eigenvalue weighted by Crippen LogP contribution is 2.19. The van der Waals surface area contributed by atoms with Crippen LogP contribution < -0.4 is 5.32 Å². The molecule has 1 fully saturated rings. The van der Waals surface area contributed by atoms with Crippen LogP contribution in [0.2, 0.25) is 0 Å². The van der Waals surface area contributed by atoms with Gasteiger partial charge >= 0.3 is 0 Å². The Morgan fingerprint density at radius 2 is 2.33 bits per heavy atom. The van der Waals surface area contributed by atoms with Crippen molar-refractivity contribution in [2.24, 2.45) is 0 Å². The molecule has 0 aliphatic carbocycles. The zero-order valence-corrected chi connectivity index (χ0v) is 15.1. The van der Waals surface area contributed by atoms with E-state index in [1.54, 1.807) is 11.3 Å². The molecule has 1 aliphatic rings. The highest BCUT2D eigenvalue weighted by atomic mass is 32.1. The summed E-state index contributed by atoms with van der Waals surface area (Å²) in [6.45, 7) is 6.94. The zero-order valence-electron chi connectivity index (χ0n) is 14.2. The molecule has 1 aliphatic heterocycles. The first-order valence-electron chi connectivity index (χ1n) is 8.50. The summed E-state index contributed by atoms with van der Waals surface area (Å²) in [7, 11) is 0. The van der Waals surface area contributed by atoms with Gasteiger partial charge in [-0.1, -0.05) is 19.9 Å². The van der Waals surface area contributed by atoms with Gasteiger partial charge in [-0.3, -0.25) is 14.7 Å². The lowest BCUT2D eigenvalue weighted by atomic mass is 10.1. The average molecular weight is 344 g/mol. The number of rotatable bonds is 5. The molecule has 1 saturated heterocycles. The smallest absolute Gasteiger partial charge is 0.271 e. The quantitative estimate of drug-likeness (QED) is 0.906. The van der Waals surface area contributed by atoms with Gasteiger partial charge in [-0.25, -0.2) is 4.98 Å². The number of thiazole rings is 1. The Labute approximate surface area is 147 Å². The minimum Gasteiger partial charge on any atom is -0.347 e. The SMILES string of the molecule is CC(C)c1nc(C(=O)NC2CCCN(Cc3ccccn3)C2)cs1. The van der Waals surface area contributed by atoms with Crippen molar-refractivity contribution in [1.29, 1.82) is 0 Å². The predicted molar refractivity (Wildman–Crippen MR) is 96.2 cm³/mol. The molecule has 5 nitrogen and oxygen atoms in total. The molecule has 128 valence electrons. The number of carbonyl (C=O) groups is 1. The molecular weight excluding hydrogens is 320 g/mol. The van der Waals surface area contributed by atoms with Crippen LogP contribution in [0.25, 0.3) is 0 Å². The first-order chi connectivity index (χ1) is 11.6. The van der Waals surface area contributed by atoms with Crippen molar-refractivity contribution in [3.05, 3.63) is 46.2 Å². The third kappa shape index (κ3) is 4.39. The summed E-state index contributed by atoms with van der Waals surface area (Å²) in [4.78, 5) is 23.6. The van der Waals surface area contributed by atoms with Crippen molar-refractivity contribution >= 4 is 17.2 Å².